The van der Waals surface area contributed by atoms with Gasteiger partial charge in [-0.3, -0.25) is 0 Å². The van der Waals surface area contributed by atoms with E-state index in [-0.39, 0.29) is 0 Å². The Balaban J connectivity index is 0.770. The van der Waals surface area contributed by atoms with E-state index in [0.29, 0.717) is 146 Å². The van der Waals surface area contributed by atoms with Crippen molar-refractivity contribution in [1.29, 1.82) is 42.1 Å². The molecule has 0 radical (unpaired) electrons. The number of aromatic nitrogens is 8. The fourth-order valence-corrected chi connectivity index (χ4v) is 20.7. The Morgan fingerprint density at radius 1 is 0.190 bits per heavy atom. The number of rotatable bonds is 15. The van der Waals surface area contributed by atoms with Crippen LogP contribution in [-0.4, -0.2) is 38.2 Å². The Labute approximate surface area is 814 Å². The van der Waals surface area contributed by atoms with Crippen molar-refractivity contribution in [2.24, 2.45) is 0 Å². The van der Waals surface area contributed by atoms with E-state index in [1.54, 1.807) is 24.3 Å². The quantitative estimate of drug-likeness (QED) is 0.0928. The maximum absolute atomic E-state index is 12.0. The normalized spacial score (nSPS) is 11.3. The van der Waals surface area contributed by atoms with Crippen LogP contribution in [0.3, 0.4) is 0 Å². The topological polar surface area (TPSA) is 262 Å². The van der Waals surface area contributed by atoms with E-state index in [1.165, 1.54) is 0 Å². The number of para-hydroxylation sites is 2. The molecule has 0 aliphatic rings. The summed E-state index contributed by atoms with van der Waals surface area (Å²) in [5.74, 6) is 0.989. The van der Waals surface area contributed by atoms with E-state index >= 15 is 0 Å². The highest BCUT2D eigenvalue weighted by molar-refractivity contribution is 6.18. The van der Waals surface area contributed by atoms with Crippen molar-refractivity contribution in [2.45, 2.75) is 13.8 Å². The summed E-state index contributed by atoms with van der Waals surface area (Å²) in [6.45, 7) is 3.81. The third kappa shape index (κ3) is 14.3. The lowest BCUT2D eigenvalue weighted by Crippen LogP contribution is -2.07. The standard InChI is InChI=1S/C126H70N16/c1-75-49-110(136-76(2)135-75)124-122(141-116-60-92(87-25-13-17-78(50-87)68-128)40-46-102(116)103-47-41-93(61-117(103)141)88-26-14-18-79(51-88)69-129)56-83(73-133)57-123(124)142-118-62-94(89-27-15-19-80(52-89)70-130)43-48-104(118)108-64-107(106(65-119(108)142)96-28-16-20-81(53-96)71-131)105-58-90(37-38-97(105)74-134)95-42-45-101-99-30-10-12-32-113(99)140(115(101)63-95)121-55-82(72-132)54-120(125(121)111-66-109(85-21-5-3-6-22-85)137-126(138-111)86-23-7-4-8-24-86)139-112-31-11-9-29-98(112)100-44-39-91(59-114(100)139)84-35-33-77(67-127)34-36-84/h3-66H,1-2H3. The monoisotopic (exact) mass is 1810 g/mol. The van der Waals surface area contributed by atoms with Gasteiger partial charge in [0.15, 0.2) is 5.82 Å². The van der Waals surface area contributed by atoms with Gasteiger partial charge in [0.25, 0.3) is 0 Å². The van der Waals surface area contributed by atoms with Crippen LogP contribution in [0.4, 0.5) is 0 Å². The van der Waals surface area contributed by atoms with Crippen LogP contribution in [0.5, 0.6) is 0 Å². The van der Waals surface area contributed by atoms with Gasteiger partial charge in [0, 0.05) is 76.6 Å². The van der Waals surface area contributed by atoms with Crippen LogP contribution < -0.4 is 0 Å². The molecule has 16 nitrogen and oxygen atoms in total. The molecule has 0 spiro atoms. The molecule has 654 valence electrons. The van der Waals surface area contributed by atoms with Crippen LogP contribution in [0.2, 0.25) is 0 Å². The zero-order chi connectivity index (χ0) is 96.1. The minimum absolute atomic E-state index is 0.305. The molecule has 16 heteroatoms. The summed E-state index contributed by atoms with van der Waals surface area (Å²) in [4.78, 5) is 21.4. The molecule has 6 heterocycles. The zero-order valence-electron chi connectivity index (χ0n) is 76.1. The maximum Gasteiger partial charge on any atom is 0.160 e. The molecule has 0 amide bonds. The van der Waals surface area contributed by atoms with Gasteiger partial charge >= 0.3 is 0 Å². The molecule has 142 heavy (non-hydrogen) atoms. The summed E-state index contributed by atoms with van der Waals surface area (Å²) in [6, 6.07) is 148. The predicted molar refractivity (Wildman–Crippen MR) is 562 cm³/mol. The number of hydrogen-bond donors (Lipinski definition) is 0. The Morgan fingerprint density at radius 2 is 0.528 bits per heavy atom. The van der Waals surface area contributed by atoms with E-state index in [9.17, 15) is 42.1 Å². The van der Waals surface area contributed by atoms with Crippen molar-refractivity contribution in [1.82, 2.24) is 38.2 Å². The SMILES string of the molecule is Cc1cc(-c2c(-n3c4cc(-c5cccc(C#N)c5)ccc4c4ccc(-c5cccc(C#N)c5)cc43)cc(C#N)cc2-n2c3cc(-c4cccc(C#N)c4)ccc3c3cc(-c4cc(-c5ccc6c7ccccc7n(-c7cc(C#N)cc(-n8c9ccccc9c9ccc(-c%10ccc(C#N)cc%10)cc98)c7-c7cc(-c8ccccc8)nc(-c8ccccc8)n7)c6c5)ccc4C#N)c(-c4cccc(C#N)c4)cc32)nc(C)n1. The van der Waals surface area contributed by atoms with Crippen molar-refractivity contribution < 1.29 is 0 Å². The fourth-order valence-electron chi connectivity index (χ4n) is 20.7. The van der Waals surface area contributed by atoms with Gasteiger partial charge in [0.05, 0.1) is 177 Å². The smallest absolute Gasteiger partial charge is 0.160 e. The molecule has 6 aromatic heterocycles. The van der Waals surface area contributed by atoms with Crippen LogP contribution in [0.1, 0.15) is 56.0 Å². The number of aryl methyl sites for hydroxylation is 2. The van der Waals surface area contributed by atoms with Crippen LogP contribution in [0.15, 0.2) is 388 Å². The number of fused-ring (bicyclic) bond motifs is 12. The lowest BCUT2D eigenvalue weighted by Gasteiger charge is -2.21. The minimum atomic E-state index is 0.305. The first-order valence-corrected chi connectivity index (χ1v) is 46.1. The van der Waals surface area contributed by atoms with Crippen molar-refractivity contribution in [3.63, 3.8) is 0 Å². The summed E-state index contributed by atoms with van der Waals surface area (Å²) in [7, 11) is 0. The second-order valence-electron chi connectivity index (χ2n) is 35.4. The molecule has 0 atom stereocenters. The van der Waals surface area contributed by atoms with E-state index < -0.39 is 0 Å². The van der Waals surface area contributed by atoms with E-state index in [0.717, 1.165) is 143 Å². The van der Waals surface area contributed by atoms with Crippen molar-refractivity contribution in [3.05, 3.63) is 444 Å². The first kappa shape index (κ1) is 84.3. The zero-order valence-corrected chi connectivity index (χ0v) is 76.1. The minimum Gasteiger partial charge on any atom is -0.308 e. The van der Waals surface area contributed by atoms with E-state index in [1.807, 2.05) is 226 Å². The maximum atomic E-state index is 12.0. The molecule has 24 aromatic rings. The summed E-state index contributed by atoms with van der Waals surface area (Å²) in [6.07, 6.45) is 0. The van der Waals surface area contributed by atoms with Crippen molar-refractivity contribution in [3.8, 4) is 194 Å². The van der Waals surface area contributed by atoms with Gasteiger partial charge in [-0.2, -0.15) is 42.1 Å². The molecule has 0 saturated carbocycles. The Kier molecular flexibility index (Phi) is 20.4. The van der Waals surface area contributed by atoms with Crippen molar-refractivity contribution >= 4 is 87.2 Å². The first-order valence-electron chi connectivity index (χ1n) is 46.1. The molecule has 0 bridgehead atoms. The highest BCUT2D eigenvalue weighted by Crippen LogP contribution is 2.51. The van der Waals surface area contributed by atoms with Crippen LogP contribution in [-0.2, 0) is 0 Å². The van der Waals surface area contributed by atoms with Gasteiger partial charge in [-0.25, -0.2) is 19.9 Å². The van der Waals surface area contributed by atoms with Gasteiger partial charge in [0.1, 0.15) is 5.82 Å². The molecule has 0 aliphatic carbocycles. The molecule has 0 aliphatic heterocycles. The van der Waals surface area contributed by atoms with Gasteiger partial charge in [-0.1, -0.05) is 224 Å². The molecule has 24 rings (SSSR count). The average molecular weight is 1810 g/mol. The van der Waals surface area contributed by atoms with Crippen LogP contribution in [0, 0.1) is 104 Å². The molecular formula is C126H70N16. The third-order valence-corrected chi connectivity index (χ3v) is 27.1. The number of nitrogens with zero attached hydrogens (tertiary/aromatic N) is 16. The Hall–Kier alpha value is -20.8. The first-order chi connectivity index (χ1) is 69.8. The number of hydrogen-bond acceptors (Lipinski definition) is 12. The molecule has 0 unspecified atom stereocenters. The van der Waals surface area contributed by atoms with Gasteiger partial charge in [-0.15, -0.1) is 0 Å². The highest BCUT2D eigenvalue weighted by Gasteiger charge is 2.31. The number of nitriles is 8. The van der Waals surface area contributed by atoms with E-state index in [4.69, 9.17) is 19.9 Å². The second kappa shape index (κ2) is 34.3. The fraction of sp³-hybridized carbons (Fsp3) is 0.0159. The molecular weight excluding hydrogens is 1740 g/mol. The van der Waals surface area contributed by atoms with Gasteiger partial charge in [-0.05, 0) is 250 Å². The van der Waals surface area contributed by atoms with Gasteiger partial charge in [0.2, 0.25) is 0 Å². The molecule has 0 N–H and O–H groups in total. The summed E-state index contributed by atoms with van der Waals surface area (Å²) in [5.41, 5.74) is 28.7. The summed E-state index contributed by atoms with van der Waals surface area (Å²) in [5, 5.41) is 95.0. The largest absolute Gasteiger partial charge is 0.308 e. The Bertz CT molecular complexity index is 9750. The highest BCUT2D eigenvalue weighted by atomic mass is 15.1. The molecule has 0 fully saturated rings. The average Bonchev–Trinajstić information content (AvgIpc) is 1.57. The predicted octanol–water partition coefficient (Wildman–Crippen LogP) is 29.6. The van der Waals surface area contributed by atoms with Gasteiger partial charge < -0.3 is 18.3 Å². The lowest BCUT2D eigenvalue weighted by atomic mass is 9.88. The van der Waals surface area contributed by atoms with Crippen LogP contribution >= 0.6 is 0 Å². The summed E-state index contributed by atoms with van der Waals surface area (Å²) >= 11 is 0. The Morgan fingerprint density at radius 3 is 0.965 bits per heavy atom. The van der Waals surface area contributed by atoms with Crippen LogP contribution in [0.25, 0.3) is 233 Å². The number of benzene rings is 18. The van der Waals surface area contributed by atoms with Crippen molar-refractivity contribution in [2.75, 3.05) is 0 Å². The second-order valence-corrected chi connectivity index (χ2v) is 35.4. The van der Waals surface area contributed by atoms with E-state index in [2.05, 4.69) is 218 Å². The third-order valence-electron chi connectivity index (χ3n) is 27.1. The molecule has 0 saturated heterocycles. The molecule has 18 aromatic carbocycles. The lowest BCUT2D eigenvalue weighted by molar-refractivity contribution is 1.01. The summed E-state index contributed by atoms with van der Waals surface area (Å²) < 4.78 is 8.92.